The second-order valence-electron chi connectivity index (χ2n) is 4.85. The van der Waals surface area contributed by atoms with Crippen molar-refractivity contribution in [2.45, 2.75) is 25.6 Å². The van der Waals surface area contributed by atoms with E-state index < -0.39 is 12.2 Å². The monoisotopic (exact) mass is 379 g/mol. The Bertz CT molecular complexity index is 713. The fraction of sp³-hybridized carbons (Fsp3) is 0.357. The summed E-state index contributed by atoms with van der Waals surface area (Å²) in [5.41, 5.74) is 2.39. The quantitative estimate of drug-likeness (QED) is 0.758. The van der Waals surface area contributed by atoms with Crippen molar-refractivity contribution in [2.75, 3.05) is 6.61 Å². The zero-order chi connectivity index (χ0) is 15.7. The number of nitrogens with one attached hydrogen (secondary N) is 1. The number of hydrogen-bond donors (Lipinski definition) is 1. The summed E-state index contributed by atoms with van der Waals surface area (Å²) in [6.07, 6.45) is 2.36. The predicted octanol–water partition coefficient (Wildman–Crippen LogP) is 5.05. The highest BCUT2D eigenvalue weighted by atomic mass is 35.5. The Balaban J connectivity index is 1.79. The molecular weight excluding hydrogens is 369 g/mol. The number of carbonyl (C=O) groups is 1. The maximum atomic E-state index is 12.2. The molecule has 2 heterocycles. The molecule has 4 nitrogen and oxygen atoms in total. The Kier molecular flexibility index (Phi) is 5.12. The van der Waals surface area contributed by atoms with Crippen molar-refractivity contribution in [1.29, 1.82) is 0 Å². The van der Waals surface area contributed by atoms with E-state index in [0.29, 0.717) is 31.9 Å². The van der Waals surface area contributed by atoms with Crippen LogP contribution in [0.4, 0.5) is 0 Å². The van der Waals surface area contributed by atoms with Gasteiger partial charge in [-0.3, -0.25) is 4.79 Å². The molecule has 1 N–H and O–H groups in total. The van der Waals surface area contributed by atoms with Crippen LogP contribution in [-0.4, -0.2) is 18.8 Å². The van der Waals surface area contributed by atoms with Crippen LogP contribution in [0.25, 0.3) is 10.1 Å². The molecule has 0 aliphatic carbocycles. The van der Waals surface area contributed by atoms with Crippen molar-refractivity contribution < 1.29 is 14.4 Å². The van der Waals surface area contributed by atoms with Crippen molar-refractivity contribution in [3.8, 4) is 0 Å². The van der Waals surface area contributed by atoms with Gasteiger partial charge in [-0.05, 0) is 25.0 Å². The van der Waals surface area contributed by atoms with Crippen LogP contribution in [0.1, 0.15) is 28.9 Å². The normalized spacial score (nSPS) is 18.6. The highest BCUT2D eigenvalue weighted by Gasteiger charge is 2.21. The van der Waals surface area contributed by atoms with Crippen LogP contribution in [0.15, 0.2) is 12.1 Å². The molecule has 0 radical (unpaired) electrons. The van der Waals surface area contributed by atoms with Crippen molar-refractivity contribution in [2.24, 2.45) is 0 Å². The maximum Gasteiger partial charge on any atom is 0.286 e. The van der Waals surface area contributed by atoms with Crippen molar-refractivity contribution in [3.63, 3.8) is 0 Å². The van der Waals surface area contributed by atoms with Gasteiger partial charge < -0.3 is 4.74 Å². The molecule has 1 atom stereocenters. The number of ether oxygens (including phenoxy) is 1. The first-order chi connectivity index (χ1) is 10.6. The van der Waals surface area contributed by atoms with E-state index in [1.54, 1.807) is 12.1 Å². The molecule has 1 saturated heterocycles. The van der Waals surface area contributed by atoms with E-state index in [0.717, 1.165) is 24.0 Å². The smallest absolute Gasteiger partial charge is 0.286 e. The molecule has 1 aromatic heterocycles. The van der Waals surface area contributed by atoms with Crippen LogP contribution in [0.3, 0.4) is 0 Å². The van der Waals surface area contributed by atoms with Gasteiger partial charge in [-0.25, -0.2) is 10.3 Å². The van der Waals surface area contributed by atoms with Crippen LogP contribution >= 0.6 is 46.1 Å². The number of fused-ring (bicyclic) bond motifs is 1. The number of thiophene rings is 1. The summed E-state index contributed by atoms with van der Waals surface area (Å²) in [5, 5.41) is 1.83. The van der Waals surface area contributed by atoms with Crippen LogP contribution in [0.5, 0.6) is 0 Å². The van der Waals surface area contributed by atoms with E-state index in [4.69, 9.17) is 44.4 Å². The molecule has 1 unspecified atom stereocenters. The Morgan fingerprint density at radius 2 is 2.14 bits per heavy atom. The standard InChI is InChI=1S/C14H12Cl3NO3S/c15-7-5-8(16)11-9(6-7)22-13(12(11)17)14(19)18-21-10-3-1-2-4-20-10/h5-6,10H,1-4H2,(H,18,19). The largest absolute Gasteiger partial charge is 0.350 e. The van der Waals surface area contributed by atoms with Crippen LogP contribution < -0.4 is 5.48 Å². The Labute approximate surface area is 146 Å². The molecule has 1 amide bonds. The molecule has 2 aromatic rings. The van der Waals surface area contributed by atoms with E-state index in [1.807, 2.05) is 0 Å². The molecule has 0 bridgehead atoms. The zero-order valence-electron chi connectivity index (χ0n) is 11.3. The molecule has 0 saturated carbocycles. The molecule has 1 aromatic carbocycles. The fourth-order valence-corrected chi connectivity index (χ4v) is 4.49. The third-order valence-electron chi connectivity index (χ3n) is 3.28. The van der Waals surface area contributed by atoms with E-state index in [-0.39, 0.29) is 0 Å². The minimum absolute atomic E-state index is 0.298. The second-order valence-corrected chi connectivity index (χ2v) is 7.12. The number of benzene rings is 1. The van der Waals surface area contributed by atoms with Crippen LogP contribution in [0, 0.1) is 0 Å². The molecule has 22 heavy (non-hydrogen) atoms. The van der Waals surface area contributed by atoms with E-state index >= 15 is 0 Å². The lowest BCUT2D eigenvalue weighted by molar-refractivity contribution is -0.186. The first-order valence-electron chi connectivity index (χ1n) is 6.71. The summed E-state index contributed by atoms with van der Waals surface area (Å²) in [6, 6.07) is 3.32. The summed E-state index contributed by atoms with van der Waals surface area (Å²) >= 11 is 19.6. The van der Waals surface area contributed by atoms with Gasteiger partial charge in [0.15, 0.2) is 6.29 Å². The van der Waals surface area contributed by atoms with E-state index in [2.05, 4.69) is 5.48 Å². The topological polar surface area (TPSA) is 47.6 Å². The number of carbonyl (C=O) groups excluding carboxylic acids is 1. The molecular formula is C14H12Cl3NO3S. The maximum absolute atomic E-state index is 12.2. The van der Waals surface area contributed by atoms with Gasteiger partial charge in [-0.2, -0.15) is 0 Å². The second kappa shape index (κ2) is 6.91. The zero-order valence-corrected chi connectivity index (χ0v) is 14.4. The SMILES string of the molecule is O=C(NOC1CCCCO1)c1sc2cc(Cl)cc(Cl)c2c1Cl. The average Bonchev–Trinajstić information content (AvgIpc) is 2.83. The minimum Gasteiger partial charge on any atom is -0.350 e. The van der Waals surface area contributed by atoms with Gasteiger partial charge in [-0.15, -0.1) is 11.3 Å². The lowest BCUT2D eigenvalue weighted by Gasteiger charge is -2.21. The predicted molar refractivity (Wildman–Crippen MR) is 89.0 cm³/mol. The number of hydroxylamine groups is 1. The number of halogens is 3. The Morgan fingerprint density at radius 1 is 1.32 bits per heavy atom. The molecule has 1 aliphatic heterocycles. The van der Waals surface area contributed by atoms with Gasteiger partial charge in [0.1, 0.15) is 4.88 Å². The van der Waals surface area contributed by atoms with Crippen LogP contribution in [-0.2, 0) is 9.57 Å². The molecule has 0 spiro atoms. The molecule has 1 aliphatic rings. The van der Waals surface area contributed by atoms with Gasteiger partial charge in [0.05, 0.1) is 10.0 Å². The van der Waals surface area contributed by atoms with Crippen LogP contribution in [0.2, 0.25) is 15.1 Å². The van der Waals surface area contributed by atoms with Gasteiger partial charge in [-0.1, -0.05) is 34.8 Å². The third kappa shape index (κ3) is 3.35. The Hall–Kier alpha value is -0.560. The highest BCUT2D eigenvalue weighted by Crippen LogP contribution is 2.41. The lowest BCUT2D eigenvalue weighted by atomic mass is 10.2. The van der Waals surface area contributed by atoms with Crippen molar-refractivity contribution >= 4 is 62.1 Å². The third-order valence-corrected chi connectivity index (χ3v) is 5.42. The van der Waals surface area contributed by atoms with Gasteiger partial charge in [0.2, 0.25) is 0 Å². The van der Waals surface area contributed by atoms with E-state index in [1.165, 1.54) is 11.3 Å². The van der Waals surface area contributed by atoms with Crippen molar-refractivity contribution in [3.05, 3.63) is 32.1 Å². The van der Waals surface area contributed by atoms with E-state index in [9.17, 15) is 4.79 Å². The first-order valence-corrected chi connectivity index (χ1v) is 8.66. The minimum atomic E-state index is -0.424. The molecule has 8 heteroatoms. The van der Waals surface area contributed by atoms with Crippen molar-refractivity contribution in [1.82, 2.24) is 5.48 Å². The summed E-state index contributed by atoms with van der Waals surface area (Å²) in [6.45, 7) is 0.637. The first kappa shape index (κ1) is 16.3. The fourth-order valence-electron chi connectivity index (χ4n) is 2.23. The highest BCUT2D eigenvalue weighted by molar-refractivity contribution is 7.21. The number of amides is 1. The summed E-state index contributed by atoms with van der Waals surface area (Å²) in [4.78, 5) is 17.8. The van der Waals surface area contributed by atoms with Gasteiger partial charge in [0.25, 0.3) is 5.91 Å². The molecule has 1 fully saturated rings. The summed E-state index contributed by atoms with van der Waals surface area (Å²) < 4.78 is 6.13. The summed E-state index contributed by atoms with van der Waals surface area (Å²) in [5.74, 6) is -0.424. The molecule has 118 valence electrons. The molecule has 3 rings (SSSR count). The summed E-state index contributed by atoms with van der Waals surface area (Å²) in [7, 11) is 0. The van der Waals surface area contributed by atoms with Gasteiger partial charge >= 0.3 is 0 Å². The lowest BCUT2D eigenvalue weighted by Crippen LogP contribution is -2.32. The number of rotatable bonds is 3. The average molecular weight is 381 g/mol. The Morgan fingerprint density at radius 3 is 2.86 bits per heavy atom. The van der Waals surface area contributed by atoms with Gasteiger partial charge in [0, 0.05) is 28.1 Å². The number of hydrogen-bond acceptors (Lipinski definition) is 4.